The summed E-state index contributed by atoms with van der Waals surface area (Å²) in [5.41, 5.74) is 1.64. The minimum absolute atomic E-state index is 0.0545. The van der Waals surface area contributed by atoms with Gasteiger partial charge in [0.1, 0.15) is 0 Å². The van der Waals surface area contributed by atoms with E-state index in [1.54, 1.807) is 25.1 Å². The Balaban J connectivity index is 2.45. The number of aryl methyl sites for hydroxylation is 1. The first kappa shape index (κ1) is 28.0. The highest BCUT2D eigenvalue weighted by Crippen LogP contribution is 2.40. The van der Waals surface area contributed by atoms with E-state index in [-0.39, 0.29) is 34.5 Å². The van der Waals surface area contributed by atoms with Gasteiger partial charge in [-0.3, -0.25) is 9.59 Å². The van der Waals surface area contributed by atoms with Gasteiger partial charge in [0, 0.05) is 5.02 Å². The number of hydrogen-bond acceptors (Lipinski definition) is 3. The fraction of sp³-hybridized carbons (Fsp3) is 0.440. The normalized spacial score (nSPS) is 14.4. The summed E-state index contributed by atoms with van der Waals surface area (Å²) in [5.74, 6) is -4.90. The molecule has 0 heterocycles. The van der Waals surface area contributed by atoms with Crippen molar-refractivity contribution in [1.82, 2.24) is 0 Å². The van der Waals surface area contributed by atoms with Crippen molar-refractivity contribution < 1.29 is 27.5 Å². The van der Waals surface area contributed by atoms with Crippen LogP contribution in [0.2, 0.25) is 10.0 Å². The molecule has 3 atom stereocenters. The lowest BCUT2D eigenvalue weighted by Crippen LogP contribution is -2.34. The van der Waals surface area contributed by atoms with Gasteiger partial charge in [0.2, 0.25) is 5.91 Å². The summed E-state index contributed by atoms with van der Waals surface area (Å²) >= 11 is 12.3. The van der Waals surface area contributed by atoms with Crippen LogP contribution in [0, 0.1) is 18.8 Å². The summed E-state index contributed by atoms with van der Waals surface area (Å²) in [6, 6.07) is 9.25. The van der Waals surface area contributed by atoms with Crippen molar-refractivity contribution in [2.75, 3.05) is 12.4 Å². The molecule has 34 heavy (non-hydrogen) atoms. The lowest BCUT2D eigenvalue weighted by atomic mass is 9.84. The van der Waals surface area contributed by atoms with Crippen molar-refractivity contribution in [2.24, 2.45) is 11.8 Å². The first-order valence-electron chi connectivity index (χ1n) is 10.8. The predicted molar refractivity (Wildman–Crippen MR) is 128 cm³/mol. The number of methoxy groups -OCH3 is 1. The third-order valence-electron chi connectivity index (χ3n) is 5.94. The SMILES string of the molecule is COC(=O)CC(c1ccc(Cl)c(NC(=O)[C@H](c2ccc(Cl)c(C)c2)[C@@H](C)C(F)(F)F)c1)C(C)C. The summed E-state index contributed by atoms with van der Waals surface area (Å²) < 4.78 is 45.8. The Morgan fingerprint density at radius 2 is 1.59 bits per heavy atom. The lowest BCUT2D eigenvalue weighted by Gasteiger charge is -2.27. The number of benzene rings is 2. The first-order valence-corrected chi connectivity index (χ1v) is 11.5. The van der Waals surface area contributed by atoms with Crippen LogP contribution in [-0.2, 0) is 14.3 Å². The maximum atomic E-state index is 13.7. The molecule has 0 aliphatic carbocycles. The van der Waals surface area contributed by atoms with Gasteiger partial charge in [-0.05, 0) is 53.6 Å². The van der Waals surface area contributed by atoms with Crippen LogP contribution in [0.15, 0.2) is 36.4 Å². The third-order valence-corrected chi connectivity index (χ3v) is 6.69. The van der Waals surface area contributed by atoms with E-state index in [0.29, 0.717) is 16.1 Å². The molecule has 0 saturated carbocycles. The third kappa shape index (κ3) is 6.89. The molecule has 0 fully saturated rings. The molecule has 0 saturated heterocycles. The average Bonchev–Trinajstić information content (AvgIpc) is 2.75. The number of rotatable bonds is 8. The fourth-order valence-electron chi connectivity index (χ4n) is 3.80. The summed E-state index contributed by atoms with van der Waals surface area (Å²) in [5, 5.41) is 3.14. The number of carbonyl (C=O) groups is 2. The monoisotopic (exact) mass is 517 g/mol. The maximum absolute atomic E-state index is 13.7. The van der Waals surface area contributed by atoms with E-state index in [1.807, 2.05) is 13.8 Å². The Bertz CT molecular complexity index is 1040. The van der Waals surface area contributed by atoms with Crippen LogP contribution in [0.1, 0.15) is 55.7 Å². The predicted octanol–water partition coefficient (Wildman–Crippen LogP) is 7.53. The second-order valence-electron chi connectivity index (χ2n) is 8.68. The summed E-state index contributed by atoms with van der Waals surface area (Å²) in [6.07, 6.45) is -4.49. The van der Waals surface area contributed by atoms with Crippen molar-refractivity contribution in [3.63, 3.8) is 0 Å². The zero-order chi connectivity index (χ0) is 25.8. The molecular formula is C25H28Cl2F3NO3. The number of amides is 1. The Labute approximate surface area is 207 Å². The van der Waals surface area contributed by atoms with Crippen molar-refractivity contribution in [3.05, 3.63) is 63.1 Å². The molecular weight excluding hydrogens is 490 g/mol. The Hall–Kier alpha value is -2.25. The van der Waals surface area contributed by atoms with Gasteiger partial charge in [0.15, 0.2) is 0 Å². The van der Waals surface area contributed by atoms with E-state index in [4.69, 9.17) is 27.9 Å². The van der Waals surface area contributed by atoms with E-state index >= 15 is 0 Å². The number of carbonyl (C=O) groups excluding carboxylic acids is 2. The molecule has 2 aromatic rings. The Morgan fingerprint density at radius 1 is 1.00 bits per heavy atom. The van der Waals surface area contributed by atoms with E-state index < -0.39 is 29.9 Å². The minimum Gasteiger partial charge on any atom is -0.469 e. The van der Waals surface area contributed by atoms with Gasteiger partial charge < -0.3 is 10.1 Å². The summed E-state index contributed by atoms with van der Waals surface area (Å²) in [7, 11) is 1.30. The molecule has 9 heteroatoms. The van der Waals surface area contributed by atoms with E-state index in [0.717, 1.165) is 6.92 Å². The van der Waals surface area contributed by atoms with Gasteiger partial charge in [-0.15, -0.1) is 0 Å². The van der Waals surface area contributed by atoms with Crippen LogP contribution in [-0.4, -0.2) is 25.2 Å². The van der Waals surface area contributed by atoms with Gasteiger partial charge in [0.25, 0.3) is 0 Å². The van der Waals surface area contributed by atoms with Crippen LogP contribution >= 0.6 is 23.2 Å². The van der Waals surface area contributed by atoms with E-state index in [9.17, 15) is 22.8 Å². The zero-order valence-corrected chi connectivity index (χ0v) is 21.1. The Kier molecular flexibility index (Phi) is 9.43. The van der Waals surface area contributed by atoms with Gasteiger partial charge in [-0.25, -0.2) is 0 Å². The fourth-order valence-corrected chi connectivity index (χ4v) is 4.08. The number of hydrogen-bond donors (Lipinski definition) is 1. The first-order chi connectivity index (χ1) is 15.8. The molecule has 1 unspecified atom stereocenters. The van der Waals surface area contributed by atoms with Crippen molar-refractivity contribution >= 4 is 40.8 Å². The van der Waals surface area contributed by atoms with Crippen LogP contribution in [0.4, 0.5) is 18.9 Å². The average molecular weight is 518 g/mol. The van der Waals surface area contributed by atoms with Crippen molar-refractivity contribution in [3.8, 4) is 0 Å². The largest absolute Gasteiger partial charge is 0.469 e. The molecule has 2 aromatic carbocycles. The Morgan fingerprint density at radius 3 is 2.12 bits per heavy atom. The van der Waals surface area contributed by atoms with Crippen LogP contribution in [0.3, 0.4) is 0 Å². The molecule has 1 N–H and O–H groups in total. The van der Waals surface area contributed by atoms with Gasteiger partial charge >= 0.3 is 12.1 Å². The minimum atomic E-state index is -4.61. The van der Waals surface area contributed by atoms with Gasteiger partial charge in [0.05, 0.1) is 36.1 Å². The highest BCUT2D eigenvalue weighted by Gasteiger charge is 2.45. The molecule has 2 rings (SSSR count). The number of alkyl halides is 3. The molecule has 0 aliphatic heterocycles. The maximum Gasteiger partial charge on any atom is 0.392 e. The molecule has 0 aliphatic rings. The molecule has 0 spiro atoms. The standard InChI is InChI=1S/C25H28Cl2F3NO3/c1-13(2)18(12-22(32)34-5)16-6-9-20(27)21(11-16)31-24(33)23(15(4)25(28,29)30)17-7-8-19(26)14(3)10-17/h6-11,13,15,18,23H,12H2,1-5H3,(H,31,33)/t15-,18?,23+/m1/s1. The summed E-state index contributed by atoms with van der Waals surface area (Å²) in [4.78, 5) is 25.1. The number of ether oxygens (including phenoxy) is 1. The molecule has 0 aromatic heterocycles. The molecule has 186 valence electrons. The quantitative estimate of drug-likeness (QED) is 0.368. The molecule has 0 radical (unpaired) electrons. The van der Waals surface area contributed by atoms with Crippen molar-refractivity contribution in [1.29, 1.82) is 0 Å². The van der Waals surface area contributed by atoms with Gasteiger partial charge in [-0.1, -0.05) is 62.2 Å². The second kappa shape index (κ2) is 11.5. The second-order valence-corrected chi connectivity index (χ2v) is 9.49. The van der Waals surface area contributed by atoms with Gasteiger partial charge in [-0.2, -0.15) is 13.2 Å². The molecule has 4 nitrogen and oxygen atoms in total. The highest BCUT2D eigenvalue weighted by atomic mass is 35.5. The van der Waals surface area contributed by atoms with Crippen LogP contribution in [0.25, 0.3) is 0 Å². The van der Waals surface area contributed by atoms with Crippen LogP contribution < -0.4 is 5.32 Å². The topological polar surface area (TPSA) is 55.4 Å². The lowest BCUT2D eigenvalue weighted by molar-refractivity contribution is -0.178. The number of esters is 1. The zero-order valence-electron chi connectivity index (χ0n) is 19.6. The summed E-state index contributed by atoms with van der Waals surface area (Å²) in [6.45, 7) is 6.50. The molecule has 0 bridgehead atoms. The molecule has 1 amide bonds. The number of anilines is 1. The number of halogens is 5. The van der Waals surface area contributed by atoms with Crippen LogP contribution in [0.5, 0.6) is 0 Å². The van der Waals surface area contributed by atoms with E-state index in [1.165, 1.54) is 25.3 Å². The highest BCUT2D eigenvalue weighted by molar-refractivity contribution is 6.33. The number of nitrogens with one attached hydrogen (secondary N) is 1. The van der Waals surface area contributed by atoms with E-state index in [2.05, 4.69) is 5.32 Å². The van der Waals surface area contributed by atoms with Crippen molar-refractivity contribution in [2.45, 2.75) is 52.1 Å². The smallest absolute Gasteiger partial charge is 0.392 e.